The lowest BCUT2D eigenvalue weighted by Crippen LogP contribution is -1.63. The molecule has 0 saturated carbocycles. The van der Waals surface area contributed by atoms with Crippen molar-refractivity contribution in [2.45, 2.75) is 6.42 Å². The Morgan fingerprint density at radius 2 is 2.43 bits per heavy atom. The van der Waals surface area contributed by atoms with E-state index in [-0.39, 0.29) is 0 Å². The summed E-state index contributed by atoms with van der Waals surface area (Å²) in [6.07, 6.45) is 5.49. The predicted molar refractivity (Wildman–Crippen MR) is 29.9 cm³/mol. The van der Waals surface area contributed by atoms with Crippen molar-refractivity contribution in [2.75, 3.05) is 0 Å². The highest BCUT2D eigenvalue weighted by Crippen LogP contribution is 2.41. The van der Waals surface area contributed by atoms with Crippen LogP contribution in [0.2, 0.25) is 0 Å². The van der Waals surface area contributed by atoms with Crippen molar-refractivity contribution >= 4 is 0 Å². The molecule has 2 rings (SSSR count). The Bertz CT molecular complexity index is 189. The molecule has 0 aromatic rings. The van der Waals surface area contributed by atoms with Crippen LogP contribution >= 0.6 is 0 Å². The molecule has 34 valence electrons. The van der Waals surface area contributed by atoms with E-state index in [9.17, 15) is 0 Å². The first-order valence-corrected chi connectivity index (χ1v) is 2.48. The monoisotopic (exact) mass is 90.0 g/mol. The van der Waals surface area contributed by atoms with Gasteiger partial charge in [0.1, 0.15) is 0 Å². The summed E-state index contributed by atoms with van der Waals surface area (Å²) in [5.41, 5.74) is 4.15. The van der Waals surface area contributed by atoms with E-state index in [1.54, 1.807) is 0 Å². The van der Waals surface area contributed by atoms with Crippen molar-refractivity contribution in [1.82, 2.24) is 0 Å². The number of hydrogen-bond acceptors (Lipinski definition) is 0. The largest absolute Gasteiger partial charge is 0.0949 e. The smallest absolute Gasteiger partial charge is 0.00879 e. The summed E-state index contributed by atoms with van der Waals surface area (Å²) in [5, 5.41) is 0. The van der Waals surface area contributed by atoms with Crippen LogP contribution in [-0.4, -0.2) is 0 Å². The zero-order valence-corrected chi connectivity index (χ0v) is 4.07. The highest BCUT2D eigenvalue weighted by atomic mass is 14.3. The van der Waals surface area contributed by atoms with Gasteiger partial charge in [0.05, 0.1) is 0 Å². The van der Waals surface area contributed by atoms with Crippen LogP contribution in [0.5, 0.6) is 0 Å². The molecule has 0 aliphatic heterocycles. The third kappa shape index (κ3) is 0.268. The average molecular weight is 90.1 g/mol. The molecule has 0 atom stereocenters. The second kappa shape index (κ2) is 0.738. The molecule has 0 heterocycles. The lowest BCUT2D eigenvalue weighted by molar-refractivity contribution is 1.34. The molecular formula is C7H6. The lowest BCUT2D eigenvalue weighted by atomic mass is 10.2. The summed E-state index contributed by atoms with van der Waals surface area (Å²) in [6.45, 7) is 3.86. The van der Waals surface area contributed by atoms with Gasteiger partial charge in [-0.15, -0.1) is 0 Å². The fourth-order valence-electron chi connectivity index (χ4n) is 0.938. The van der Waals surface area contributed by atoms with Gasteiger partial charge in [0.25, 0.3) is 0 Å². The van der Waals surface area contributed by atoms with Crippen molar-refractivity contribution in [3.05, 3.63) is 35.5 Å². The maximum atomic E-state index is 3.86. The topological polar surface area (TPSA) is 0 Å². The van der Waals surface area contributed by atoms with Gasteiger partial charge in [-0.3, -0.25) is 0 Å². The normalized spacial score (nSPS) is 23.7. The first-order chi connectivity index (χ1) is 3.38. The fourth-order valence-corrected chi connectivity index (χ4v) is 0.938. The minimum Gasteiger partial charge on any atom is -0.0949 e. The van der Waals surface area contributed by atoms with Gasteiger partial charge in [-0.2, -0.15) is 0 Å². The molecule has 0 saturated heterocycles. The van der Waals surface area contributed by atoms with E-state index in [1.165, 1.54) is 16.7 Å². The van der Waals surface area contributed by atoms with Crippen LogP contribution in [-0.2, 0) is 0 Å². The number of rotatable bonds is 0. The zero-order chi connectivity index (χ0) is 4.85. The first-order valence-electron chi connectivity index (χ1n) is 2.48. The highest BCUT2D eigenvalue weighted by Gasteiger charge is 2.22. The molecule has 0 bridgehead atoms. The highest BCUT2D eigenvalue weighted by molar-refractivity contribution is 5.71. The molecule has 0 fully saturated rings. The first kappa shape index (κ1) is 3.25. The van der Waals surface area contributed by atoms with Crippen molar-refractivity contribution in [3.63, 3.8) is 0 Å². The van der Waals surface area contributed by atoms with E-state index >= 15 is 0 Å². The van der Waals surface area contributed by atoms with Crippen molar-refractivity contribution in [1.29, 1.82) is 0 Å². The van der Waals surface area contributed by atoms with Crippen LogP contribution in [0.1, 0.15) is 6.42 Å². The van der Waals surface area contributed by atoms with Crippen LogP contribution in [0.3, 0.4) is 0 Å². The van der Waals surface area contributed by atoms with Crippen LogP contribution in [0.4, 0.5) is 0 Å². The molecular weight excluding hydrogens is 84.1 g/mol. The third-order valence-electron chi connectivity index (χ3n) is 1.48. The standard InChI is InChI=1S/C7H6/c1-5-2-3-6-4-7(5)6/h3-4H,1-2H2. The molecule has 0 spiro atoms. The number of fused-ring (bicyclic) bond motifs is 1. The second-order valence-corrected chi connectivity index (χ2v) is 2.03. The summed E-state index contributed by atoms with van der Waals surface area (Å²) in [7, 11) is 0. The zero-order valence-electron chi connectivity index (χ0n) is 4.07. The molecule has 0 aromatic heterocycles. The van der Waals surface area contributed by atoms with Crippen LogP contribution in [0.25, 0.3) is 0 Å². The lowest BCUT2D eigenvalue weighted by Gasteiger charge is -1.81. The quantitative estimate of drug-likeness (QED) is 0.425. The van der Waals surface area contributed by atoms with Crippen LogP contribution in [0.15, 0.2) is 35.5 Å². The molecule has 2 aliphatic rings. The Hall–Kier alpha value is -0.780. The Morgan fingerprint density at radius 3 is 2.57 bits per heavy atom. The van der Waals surface area contributed by atoms with Crippen molar-refractivity contribution < 1.29 is 0 Å². The van der Waals surface area contributed by atoms with Crippen molar-refractivity contribution in [3.8, 4) is 0 Å². The predicted octanol–water partition coefficient (Wildman–Crippen LogP) is 1.81. The van der Waals surface area contributed by atoms with E-state index in [2.05, 4.69) is 18.7 Å². The van der Waals surface area contributed by atoms with Crippen molar-refractivity contribution in [2.24, 2.45) is 0 Å². The van der Waals surface area contributed by atoms with Crippen LogP contribution in [0, 0.1) is 0 Å². The van der Waals surface area contributed by atoms with Gasteiger partial charge >= 0.3 is 0 Å². The van der Waals surface area contributed by atoms with Gasteiger partial charge in [-0.05, 0) is 29.2 Å². The van der Waals surface area contributed by atoms with E-state index in [1.807, 2.05) is 0 Å². The van der Waals surface area contributed by atoms with E-state index < -0.39 is 0 Å². The maximum Gasteiger partial charge on any atom is -0.00879 e. The van der Waals surface area contributed by atoms with Gasteiger partial charge in [-0.25, -0.2) is 0 Å². The second-order valence-electron chi connectivity index (χ2n) is 2.03. The Kier molecular flexibility index (Phi) is 0.343. The molecule has 7 heavy (non-hydrogen) atoms. The number of hydrogen-bond donors (Lipinski definition) is 0. The SMILES string of the molecule is C=C1CC=C2C=C12. The van der Waals surface area contributed by atoms with Gasteiger partial charge in [0.2, 0.25) is 0 Å². The fraction of sp³-hybridized carbons (Fsp3) is 0.143. The Morgan fingerprint density at radius 1 is 1.57 bits per heavy atom. The molecule has 0 unspecified atom stereocenters. The summed E-state index contributed by atoms with van der Waals surface area (Å²) in [4.78, 5) is 0. The Labute approximate surface area is 42.8 Å². The molecule has 0 heteroatoms. The minimum atomic E-state index is 1.10. The molecule has 0 N–H and O–H groups in total. The molecule has 0 amide bonds. The average Bonchev–Trinajstić information content (AvgIpc) is 2.33. The van der Waals surface area contributed by atoms with Gasteiger partial charge < -0.3 is 0 Å². The van der Waals surface area contributed by atoms with E-state index in [0.717, 1.165) is 6.42 Å². The van der Waals surface area contributed by atoms with E-state index in [0.29, 0.717) is 0 Å². The van der Waals surface area contributed by atoms with E-state index in [4.69, 9.17) is 0 Å². The van der Waals surface area contributed by atoms with Gasteiger partial charge in [-0.1, -0.05) is 12.7 Å². The molecule has 0 nitrogen and oxygen atoms in total. The Balaban J connectivity index is 2.50. The summed E-state index contributed by atoms with van der Waals surface area (Å²) in [6, 6.07) is 0. The third-order valence-corrected chi connectivity index (χ3v) is 1.48. The summed E-state index contributed by atoms with van der Waals surface area (Å²) >= 11 is 0. The summed E-state index contributed by atoms with van der Waals surface area (Å²) in [5.74, 6) is 0. The minimum absolute atomic E-state index is 1.10. The van der Waals surface area contributed by atoms with Crippen LogP contribution < -0.4 is 0 Å². The maximum absolute atomic E-state index is 3.86. The molecule has 0 aromatic carbocycles. The van der Waals surface area contributed by atoms with Gasteiger partial charge in [0, 0.05) is 0 Å². The summed E-state index contributed by atoms with van der Waals surface area (Å²) < 4.78 is 0. The van der Waals surface area contributed by atoms with Gasteiger partial charge in [0.15, 0.2) is 0 Å². The molecule has 0 radical (unpaired) electrons. The molecule has 2 aliphatic carbocycles. The number of allylic oxidation sites excluding steroid dienone is 5.